The number of furan rings is 1. The minimum absolute atomic E-state index is 0.0206. The molecule has 2 heterocycles. The van der Waals surface area contributed by atoms with Crippen molar-refractivity contribution in [3.63, 3.8) is 0 Å². The number of nitrogens with zero attached hydrogens (tertiary/aromatic N) is 2. The first-order valence-electron chi connectivity index (χ1n) is 5.90. The van der Waals surface area contributed by atoms with Gasteiger partial charge in [0.15, 0.2) is 0 Å². The molecule has 5 nitrogen and oxygen atoms in total. The Kier molecular flexibility index (Phi) is 4.66. The van der Waals surface area contributed by atoms with E-state index >= 15 is 0 Å². The molecule has 1 aromatic rings. The minimum atomic E-state index is -3.17. The van der Waals surface area contributed by atoms with Gasteiger partial charge in [-0.15, -0.1) is 11.6 Å². The molecule has 102 valence electrons. The van der Waals surface area contributed by atoms with Gasteiger partial charge in [-0.3, -0.25) is 4.90 Å². The third-order valence-electron chi connectivity index (χ3n) is 3.02. The van der Waals surface area contributed by atoms with E-state index in [9.17, 15) is 8.42 Å². The second-order valence-corrected chi connectivity index (χ2v) is 6.73. The lowest BCUT2D eigenvalue weighted by Crippen LogP contribution is -2.48. The third kappa shape index (κ3) is 3.47. The van der Waals surface area contributed by atoms with E-state index in [1.165, 1.54) is 4.31 Å². The smallest absolute Gasteiger partial charge is 0.215 e. The number of halogens is 1. The zero-order valence-corrected chi connectivity index (χ0v) is 11.7. The maximum absolute atomic E-state index is 11.8. The molecule has 1 aromatic heterocycles. The molecule has 1 fully saturated rings. The van der Waals surface area contributed by atoms with Crippen LogP contribution in [-0.4, -0.2) is 55.4 Å². The zero-order valence-electron chi connectivity index (χ0n) is 10.1. The maximum atomic E-state index is 11.8. The fourth-order valence-electron chi connectivity index (χ4n) is 2.02. The van der Waals surface area contributed by atoms with Crippen molar-refractivity contribution < 1.29 is 12.8 Å². The fraction of sp³-hybridized carbons (Fsp3) is 0.636. The van der Waals surface area contributed by atoms with E-state index in [2.05, 4.69) is 4.90 Å². The second-order valence-electron chi connectivity index (χ2n) is 4.26. The van der Waals surface area contributed by atoms with Crippen molar-refractivity contribution >= 4 is 21.6 Å². The molecule has 1 aliphatic heterocycles. The lowest BCUT2D eigenvalue weighted by Gasteiger charge is -2.33. The lowest BCUT2D eigenvalue weighted by atomic mass is 10.3. The van der Waals surface area contributed by atoms with Crippen LogP contribution in [0.2, 0.25) is 0 Å². The van der Waals surface area contributed by atoms with Gasteiger partial charge < -0.3 is 4.42 Å². The minimum Gasteiger partial charge on any atom is -0.468 e. The monoisotopic (exact) mass is 292 g/mol. The van der Waals surface area contributed by atoms with E-state index in [-0.39, 0.29) is 11.6 Å². The summed E-state index contributed by atoms with van der Waals surface area (Å²) in [4.78, 5) is 2.19. The Morgan fingerprint density at radius 1 is 1.28 bits per heavy atom. The molecular formula is C11H17ClN2O3S. The average Bonchev–Trinajstić information content (AvgIpc) is 2.82. The average molecular weight is 293 g/mol. The van der Waals surface area contributed by atoms with Gasteiger partial charge >= 0.3 is 0 Å². The van der Waals surface area contributed by atoms with Crippen molar-refractivity contribution in [1.29, 1.82) is 0 Å². The molecule has 1 saturated heterocycles. The summed E-state index contributed by atoms with van der Waals surface area (Å²) in [5.41, 5.74) is 0. The van der Waals surface area contributed by atoms with Crippen molar-refractivity contribution in [3.8, 4) is 0 Å². The Morgan fingerprint density at radius 3 is 2.56 bits per heavy atom. The van der Waals surface area contributed by atoms with Crippen molar-refractivity contribution in [3.05, 3.63) is 24.2 Å². The highest BCUT2D eigenvalue weighted by atomic mass is 35.5. The molecule has 0 atom stereocenters. The number of rotatable bonds is 5. The molecule has 18 heavy (non-hydrogen) atoms. The highest BCUT2D eigenvalue weighted by molar-refractivity contribution is 7.89. The van der Waals surface area contributed by atoms with Crippen LogP contribution in [0.5, 0.6) is 0 Å². The summed E-state index contributed by atoms with van der Waals surface area (Å²) in [6.07, 6.45) is 1.65. The second kappa shape index (κ2) is 6.06. The van der Waals surface area contributed by atoms with E-state index < -0.39 is 10.0 Å². The van der Waals surface area contributed by atoms with Gasteiger partial charge in [-0.1, -0.05) is 0 Å². The topological polar surface area (TPSA) is 53.8 Å². The molecular weight excluding hydrogens is 276 g/mol. The van der Waals surface area contributed by atoms with Gasteiger partial charge in [0.1, 0.15) is 5.76 Å². The zero-order chi connectivity index (χ0) is 13.0. The summed E-state index contributed by atoms with van der Waals surface area (Å²) in [6.45, 7) is 3.24. The van der Waals surface area contributed by atoms with Crippen LogP contribution in [0.1, 0.15) is 5.76 Å². The van der Waals surface area contributed by atoms with Gasteiger partial charge in [-0.2, -0.15) is 4.31 Å². The largest absolute Gasteiger partial charge is 0.468 e. The van der Waals surface area contributed by atoms with Crippen LogP contribution in [-0.2, 0) is 16.6 Å². The molecule has 0 N–H and O–H groups in total. The molecule has 0 aliphatic carbocycles. The van der Waals surface area contributed by atoms with E-state index in [0.29, 0.717) is 13.1 Å². The third-order valence-corrected chi connectivity index (χ3v) is 5.30. The van der Waals surface area contributed by atoms with Crippen molar-refractivity contribution in [2.24, 2.45) is 0 Å². The van der Waals surface area contributed by atoms with Gasteiger partial charge in [0.2, 0.25) is 10.0 Å². The number of piperazine rings is 1. The molecule has 0 aromatic carbocycles. The van der Waals surface area contributed by atoms with Gasteiger partial charge in [-0.05, 0) is 12.1 Å². The van der Waals surface area contributed by atoms with E-state index in [1.807, 2.05) is 12.1 Å². The Labute approximate surface area is 112 Å². The predicted molar refractivity (Wildman–Crippen MR) is 70.1 cm³/mol. The van der Waals surface area contributed by atoms with Crippen molar-refractivity contribution in [1.82, 2.24) is 9.21 Å². The number of sulfonamides is 1. The molecule has 0 bridgehead atoms. The SMILES string of the molecule is O=S(=O)(CCCl)N1CCN(Cc2ccco2)CC1. The first-order chi connectivity index (χ1) is 8.62. The molecule has 0 amide bonds. The van der Waals surface area contributed by atoms with Crippen molar-refractivity contribution in [2.45, 2.75) is 6.54 Å². The van der Waals surface area contributed by atoms with Gasteiger partial charge in [-0.25, -0.2) is 8.42 Å². The predicted octanol–water partition coefficient (Wildman–Crippen LogP) is 0.966. The lowest BCUT2D eigenvalue weighted by molar-refractivity contribution is 0.171. The van der Waals surface area contributed by atoms with Gasteiger partial charge in [0, 0.05) is 32.1 Å². The Morgan fingerprint density at radius 2 is 2.00 bits per heavy atom. The molecule has 0 unspecified atom stereocenters. The van der Waals surface area contributed by atoms with Gasteiger partial charge in [0.05, 0.1) is 18.6 Å². The number of hydrogen-bond donors (Lipinski definition) is 0. The Bertz CT molecular complexity index is 453. The number of alkyl halides is 1. The molecule has 7 heteroatoms. The highest BCUT2D eigenvalue weighted by Gasteiger charge is 2.26. The molecule has 2 rings (SSSR count). The fourth-order valence-corrected chi connectivity index (χ4v) is 3.77. The van der Waals surface area contributed by atoms with Crippen molar-refractivity contribution in [2.75, 3.05) is 37.8 Å². The van der Waals surface area contributed by atoms with Gasteiger partial charge in [0.25, 0.3) is 0 Å². The van der Waals surface area contributed by atoms with Crippen LogP contribution in [0.25, 0.3) is 0 Å². The van der Waals surface area contributed by atoms with E-state index in [0.717, 1.165) is 25.4 Å². The molecule has 0 saturated carbocycles. The standard InChI is InChI=1S/C11H17ClN2O3S/c12-3-9-18(15,16)14-6-4-13(5-7-14)10-11-2-1-8-17-11/h1-2,8H,3-7,9-10H2. The Balaban J connectivity index is 1.84. The molecule has 0 radical (unpaired) electrons. The first-order valence-corrected chi connectivity index (χ1v) is 8.05. The van der Waals surface area contributed by atoms with Crippen LogP contribution in [0.4, 0.5) is 0 Å². The highest BCUT2D eigenvalue weighted by Crippen LogP contribution is 2.12. The van der Waals surface area contributed by atoms with Crippen LogP contribution in [0, 0.1) is 0 Å². The summed E-state index contributed by atoms with van der Waals surface area (Å²) in [5.74, 6) is 1.08. The maximum Gasteiger partial charge on any atom is 0.215 e. The molecule has 1 aliphatic rings. The van der Waals surface area contributed by atoms with Crippen LogP contribution in [0.15, 0.2) is 22.8 Å². The van der Waals surface area contributed by atoms with Crippen LogP contribution in [0.3, 0.4) is 0 Å². The summed E-state index contributed by atoms with van der Waals surface area (Å²) >= 11 is 5.50. The van der Waals surface area contributed by atoms with Crippen LogP contribution >= 0.6 is 11.6 Å². The Hall–Kier alpha value is -0.560. The summed E-state index contributed by atoms with van der Waals surface area (Å²) in [6, 6.07) is 3.78. The first kappa shape index (κ1) is 13.9. The summed E-state index contributed by atoms with van der Waals surface area (Å²) < 4.78 is 30.4. The quantitative estimate of drug-likeness (QED) is 0.759. The number of hydrogen-bond acceptors (Lipinski definition) is 4. The summed E-state index contributed by atoms with van der Waals surface area (Å²) in [7, 11) is -3.17. The van der Waals surface area contributed by atoms with Crippen LogP contribution < -0.4 is 0 Å². The normalized spacial score (nSPS) is 19.2. The van der Waals surface area contributed by atoms with E-state index in [1.54, 1.807) is 6.26 Å². The molecule has 0 spiro atoms. The van der Waals surface area contributed by atoms with E-state index in [4.69, 9.17) is 16.0 Å². The summed E-state index contributed by atoms with van der Waals surface area (Å²) in [5, 5.41) is 0.